The van der Waals surface area contributed by atoms with Gasteiger partial charge in [-0.2, -0.15) is 0 Å². The van der Waals surface area contributed by atoms with Crippen molar-refractivity contribution in [2.75, 3.05) is 0 Å². The van der Waals surface area contributed by atoms with E-state index in [0.29, 0.717) is 6.61 Å². The number of carbonyl (C=O) groups is 1. The minimum absolute atomic E-state index is 0.0439. The molecule has 0 aromatic heterocycles. The Morgan fingerprint density at radius 3 is 2.53 bits per heavy atom. The third kappa shape index (κ3) is 2.20. The van der Waals surface area contributed by atoms with Gasteiger partial charge in [0.15, 0.2) is 0 Å². The summed E-state index contributed by atoms with van der Waals surface area (Å²) < 4.78 is 5.30. The molecule has 0 amide bonds. The predicted octanol–water partition coefficient (Wildman–Crippen LogP) is 2.92. The van der Waals surface area contributed by atoms with Gasteiger partial charge in [0.2, 0.25) is 0 Å². The Labute approximate surface area is 90.3 Å². The first-order valence-electron chi connectivity index (χ1n) is 5.42. The van der Waals surface area contributed by atoms with Gasteiger partial charge in [0, 0.05) is 0 Å². The van der Waals surface area contributed by atoms with Crippen molar-refractivity contribution in [1.82, 2.24) is 0 Å². The maximum atomic E-state index is 11.7. The monoisotopic (exact) mass is 204 g/mol. The van der Waals surface area contributed by atoms with Gasteiger partial charge in [0.05, 0.1) is 5.41 Å². The van der Waals surface area contributed by atoms with Crippen molar-refractivity contribution in [3.05, 3.63) is 35.9 Å². The molecule has 0 saturated heterocycles. The van der Waals surface area contributed by atoms with Crippen LogP contribution in [-0.4, -0.2) is 5.97 Å². The molecule has 0 unspecified atom stereocenters. The van der Waals surface area contributed by atoms with Crippen LogP contribution in [-0.2, 0) is 16.1 Å². The Morgan fingerprint density at radius 1 is 1.33 bits per heavy atom. The van der Waals surface area contributed by atoms with E-state index in [1.165, 1.54) is 0 Å². The van der Waals surface area contributed by atoms with Gasteiger partial charge in [0.25, 0.3) is 0 Å². The van der Waals surface area contributed by atoms with E-state index in [-0.39, 0.29) is 11.4 Å². The highest BCUT2D eigenvalue weighted by molar-refractivity contribution is 5.77. The Balaban J connectivity index is 1.86. The lowest BCUT2D eigenvalue weighted by Crippen LogP contribution is -2.36. The van der Waals surface area contributed by atoms with Crippen molar-refractivity contribution in [1.29, 1.82) is 0 Å². The first kappa shape index (κ1) is 10.2. The van der Waals surface area contributed by atoms with Crippen LogP contribution in [0.4, 0.5) is 0 Å². The second kappa shape index (κ2) is 4.05. The van der Waals surface area contributed by atoms with Crippen LogP contribution in [0.3, 0.4) is 0 Å². The van der Waals surface area contributed by atoms with Crippen molar-refractivity contribution in [2.24, 2.45) is 5.41 Å². The van der Waals surface area contributed by atoms with E-state index in [0.717, 1.165) is 24.8 Å². The zero-order valence-corrected chi connectivity index (χ0v) is 9.03. The van der Waals surface area contributed by atoms with Gasteiger partial charge in [-0.15, -0.1) is 0 Å². The standard InChI is InChI=1S/C13H16O2/c1-13(8-5-9-13)12(14)15-10-11-6-3-2-4-7-11/h2-4,6-7H,5,8-10H2,1H3. The second-order valence-electron chi connectivity index (χ2n) is 4.48. The van der Waals surface area contributed by atoms with Gasteiger partial charge in [-0.3, -0.25) is 4.79 Å². The third-order valence-corrected chi connectivity index (χ3v) is 3.16. The summed E-state index contributed by atoms with van der Waals surface area (Å²) in [5, 5.41) is 0. The number of benzene rings is 1. The van der Waals surface area contributed by atoms with Crippen LogP contribution < -0.4 is 0 Å². The fraction of sp³-hybridized carbons (Fsp3) is 0.462. The average Bonchev–Trinajstić information content (AvgIpc) is 2.24. The lowest BCUT2D eigenvalue weighted by Gasteiger charge is -2.35. The molecule has 0 heterocycles. The van der Waals surface area contributed by atoms with E-state index >= 15 is 0 Å². The normalized spacial score (nSPS) is 17.9. The molecule has 15 heavy (non-hydrogen) atoms. The molecule has 0 radical (unpaired) electrons. The second-order valence-corrected chi connectivity index (χ2v) is 4.48. The zero-order chi connectivity index (χ0) is 10.7. The highest BCUT2D eigenvalue weighted by Crippen LogP contribution is 2.41. The molecule has 1 aliphatic carbocycles. The number of ether oxygens (including phenoxy) is 1. The lowest BCUT2D eigenvalue weighted by molar-refractivity contribution is -0.161. The van der Waals surface area contributed by atoms with Crippen LogP contribution in [0.2, 0.25) is 0 Å². The number of rotatable bonds is 3. The largest absolute Gasteiger partial charge is 0.460 e. The molecule has 2 nitrogen and oxygen atoms in total. The third-order valence-electron chi connectivity index (χ3n) is 3.16. The summed E-state index contributed by atoms with van der Waals surface area (Å²) in [5.74, 6) is -0.0439. The SMILES string of the molecule is CC1(C(=O)OCc2ccccc2)CCC1. The van der Waals surface area contributed by atoms with Crippen LogP contribution in [0.1, 0.15) is 31.7 Å². The summed E-state index contributed by atoms with van der Waals surface area (Å²) in [6.07, 6.45) is 3.10. The highest BCUT2D eigenvalue weighted by Gasteiger charge is 2.40. The summed E-state index contributed by atoms with van der Waals surface area (Å²) in [6.45, 7) is 2.39. The molecule has 1 fully saturated rings. The first-order chi connectivity index (χ1) is 7.21. The highest BCUT2D eigenvalue weighted by atomic mass is 16.5. The molecule has 1 aromatic carbocycles. The van der Waals surface area contributed by atoms with Crippen LogP contribution in [0.5, 0.6) is 0 Å². The molecule has 2 heteroatoms. The topological polar surface area (TPSA) is 26.3 Å². The number of esters is 1. The molecule has 1 aromatic rings. The Bertz CT molecular complexity index is 339. The molecule has 1 aliphatic rings. The van der Waals surface area contributed by atoms with Gasteiger partial charge < -0.3 is 4.74 Å². The molecular weight excluding hydrogens is 188 g/mol. The van der Waals surface area contributed by atoms with E-state index in [1.807, 2.05) is 37.3 Å². The van der Waals surface area contributed by atoms with Crippen molar-refractivity contribution >= 4 is 5.97 Å². The van der Waals surface area contributed by atoms with Crippen molar-refractivity contribution in [2.45, 2.75) is 32.8 Å². The van der Waals surface area contributed by atoms with Crippen LogP contribution >= 0.6 is 0 Å². The van der Waals surface area contributed by atoms with Gasteiger partial charge in [-0.1, -0.05) is 36.8 Å². The smallest absolute Gasteiger partial charge is 0.312 e. The fourth-order valence-electron chi connectivity index (χ4n) is 1.81. The van der Waals surface area contributed by atoms with Crippen molar-refractivity contribution in [3.63, 3.8) is 0 Å². The Kier molecular flexibility index (Phi) is 2.76. The molecule has 1 saturated carbocycles. The molecule has 0 N–H and O–H groups in total. The Hall–Kier alpha value is -1.31. The Morgan fingerprint density at radius 2 is 2.00 bits per heavy atom. The van der Waals surface area contributed by atoms with Gasteiger partial charge in [-0.25, -0.2) is 0 Å². The number of carbonyl (C=O) groups excluding carboxylic acids is 1. The number of hydrogen-bond acceptors (Lipinski definition) is 2. The minimum atomic E-state index is -0.200. The number of hydrogen-bond donors (Lipinski definition) is 0. The minimum Gasteiger partial charge on any atom is -0.460 e. The van der Waals surface area contributed by atoms with Crippen LogP contribution in [0, 0.1) is 5.41 Å². The van der Waals surface area contributed by atoms with E-state index in [9.17, 15) is 4.79 Å². The summed E-state index contributed by atoms with van der Waals surface area (Å²) in [4.78, 5) is 11.7. The molecule has 0 atom stereocenters. The van der Waals surface area contributed by atoms with Crippen LogP contribution in [0.15, 0.2) is 30.3 Å². The molecule has 0 aliphatic heterocycles. The molecule has 2 rings (SSSR count). The summed E-state index contributed by atoms with van der Waals surface area (Å²) in [7, 11) is 0. The quantitative estimate of drug-likeness (QED) is 0.707. The maximum absolute atomic E-state index is 11.7. The summed E-state index contributed by atoms with van der Waals surface area (Å²) in [5.41, 5.74) is 0.850. The molecular formula is C13H16O2. The lowest BCUT2D eigenvalue weighted by atomic mass is 9.70. The van der Waals surface area contributed by atoms with Gasteiger partial charge in [-0.05, 0) is 25.3 Å². The molecule has 80 valence electrons. The van der Waals surface area contributed by atoms with E-state index < -0.39 is 0 Å². The summed E-state index contributed by atoms with van der Waals surface area (Å²) in [6, 6.07) is 9.80. The van der Waals surface area contributed by atoms with Crippen molar-refractivity contribution in [3.8, 4) is 0 Å². The zero-order valence-electron chi connectivity index (χ0n) is 9.03. The van der Waals surface area contributed by atoms with Crippen molar-refractivity contribution < 1.29 is 9.53 Å². The molecule has 0 bridgehead atoms. The van der Waals surface area contributed by atoms with Gasteiger partial charge in [0.1, 0.15) is 6.61 Å². The molecule has 0 spiro atoms. The van der Waals surface area contributed by atoms with E-state index in [1.54, 1.807) is 0 Å². The fourth-order valence-corrected chi connectivity index (χ4v) is 1.81. The average molecular weight is 204 g/mol. The first-order valence-corrected chi connectivity index (χ1v) is 5.42. The summed E-state index contributed by atoms with van der Waals surface area (Å²) >= 11 is 0. The van der Waals surface area contributed by atoms with Crippen LogP contribution in [0.25, 0.3) is 0 Å². The van der Waals surface area contributed by atoms with Gasteiger partial charge >= 0.3 is 5.97 Å². The van der Waals surface area contributed by atoms with E-state index in [4.69, 9.17) is 4.74 Å². The van der Waals surface area contributed by atoms with E-state index in [2.05, 4.69) is 0 Å². The maximum Gasteiger partial charge on any atom is 0.312 e. The predicted molar refractivity (Wildman–Crippen MR) is 58.2 cm³/mol.